The quantitative estimate of drug-likeness (QED) is 0.628. The molecule has 0 unspecified atom stereocenters. The van der Waals surface area contributed by atoms with E-state index in [-0.39, 0.29) is 11.3 Å². The molecule has 0 aliphatic heterocycles. The highest BCUT2D eigenvalue weighted by atomic mass is 32.2. The Kier molecular flexibility index (Phi) is 5.13. The first-order chi connectivity index (χ1) is 10.0. The number of carbonyl (C=O) groups is 1. The normalized spacial score (nSPS) is 11.2. The lowest BCUT2D eigenvalue weighted by Gasteiger charge is -2.07. The second-order valence-electron chi connectivity index (χ2n) is 4.33. The molecular weight excluding hydrogens is 302 g/mol. The molecule has 5 nitrogen and oxygen atoms in total. The summed E-state index contributed by atoms with van der Waals surface area (Å²) in [5.74, 6) is -2.64. The van der Waals surface area contributed by atoms with Crippen molar-refractivity contribution in [3.05, 3.63) is 23.8 Å². The average Bonchev–Trinajstić information content (AvgIpc) is 2.75. The van der Waals surface area contributed by atoms with Crippen LogP contribution in [0.3, 0.4) is 0 Å². The second-order valence-corrected chi connectivity index (χ2v) is 5.27. The molecule has 0 aliphatic carbocycles. The summed E-state index contributed by atoms with van der Waals surface area (Å²) in [7, 11) is 1.56. The molecule has 0 saturated carbocycles. The second kappa shape index (κ2) is 6.86. The number of imidazole rings is 1. The Morgan fingerprint density at radius 2 is 2.24 bits per heavy atom. The molecule has 0 atom stereocenters. The number of rotatable bonds is 7. The van der Waals surface area contributed by atoms with Crippen molar-refractivity contribution in [3.8, 4) is 0 Å². The highest BCUT2D eigenvalue weighted by molar-refractivity contribution is 7.99. The van der Waals surface area contributed by atoms with Crippen molar-refractivity contribution in [2.24, 2.45) is 0 Å². The summed E-state index contributed by atoms with van der Waals surface area (Å²) in [5.41, 5.74) is 0.359. The zero-order valence-electron chi connectivity index (χ0n) is 11.3. The lowest BCUT2D eigenvalue weighted by molar-refractivity contribution is -0.133. The topological polar surface area (TPSA) is 64.3 Å². The first-order valence-corrected chi connectivity index (χ1v) is 7.20. The number of nitrogens with zero attached hydrogens (tertiary/aromatic N) is 2. The lowest BCUT2D eigenvalue weighted by Crippen LogP contribution is -2.05. The van der Waals surface area contributed by atoms with E-state index < -0.39 is 17.6 Å². The Morgan fingerprint density at radius 1 is 1.48 bits per heavy atom. The monoisotopic (exact) mass is 316 g/mol. The van der Waals surface area contributed by atoms with Crippen LogP contribution in [0.4, 0.5) is 8.78 Å². The van der Waals surface area contributed by atoms with Crippen molar-refractivity contribution in [2.45, 2.75) is 18.1 Å². The van der Waals surface area contributed by atoms with Crippen LogP contribution in [-0.4, -0.2) is 40.1 Å². The van der Waals surface area contributed by atoms with Crippen LogP contribution in [0.25, 0.3) is 11.0 Å². The van der Waals surface area contributed by atoms with Gasteiger partial charge in [-0.05, 0) is 6.42 Å². The van der Waals surface area contributed by atoms with Gasteiger partial charge in [-0.2, -0.15) is 0 Å². The summed E-state index contributed by atoms with van der Waals surface area (Å²) in [6.07, 6.45) is 0.626. The van der Waals surface area contributed by atoms with Gasteiger partial charge in [0.15, 0.2) is 11.0 Å². The molecule has 0 spiro atoms. The molecule has 1 N–H and O–H groups in total. The van der Waals surface area contributed by atoms with Gasteiger partial charge in [-0.25, -0.2) is 13.8 Å². The van der Waals surface area contributed by atoms with Gasteiger partial charge in [-0.1, -0.05) is 11.8 Å². The van der Waals surface area contributed by atoms with Crippen LogP contribution in [-0.2, 0) is 16.1 Å². The predicted octanol–water partition coefficient (Wildman–Crippen LogP) is 2.53. The molecule has 2 rings (SSSR count). The molecule has 1 heterocycles. The van der Waals surface area contributed by atoms with Gasteiger partial charge in [-0.15, -0.1) is 0 Å². The number of aliphatic carboxylic acids is 1. The van der Waals surface area contributed by atoms with Crippen LogP contribution >= 0.6 is 11.8 Å². The highest BCUT2D eigenvalue weighted by Gasteiger charge is 2.16. The highest BCUT2D eigenvalue weighted by Crippen LogP contribution is 2.27. The maximum absolute atomic E-state index is 13.8. The number of fused-ring (bicyclic) bond motifs is 1. The molecule has 0 bridgehead atoms. The molecule has 0 amide bonds. The van der Waals surface area contributed by atoms with Gasteiger partial charge in [0, 0.05) is 32.4 Å². The number of aryl methyl sites for hydroxylation is 1. The van der Waals surface area contributed by atoms with Gasteiger partial charge in [-0.3, -0.25) is 4.79 Å². The molecule has 0 aliphatic rings. The van der Waals surface area contributed by atoms with E-state index in [0.717, 1.165) is 17.8 Å². The third-order valence-corrected chi connectivity index (χ3v) is 3.75. The maximum atomic E-state index is 13.8. The summed E-state index contributed by atoms with van der Waals surface area (Å²) in [6.45, 7) is 0.926. The molecule has 1 aromatic carbocycles. The summed E-state index contributed by atoms with van der Waals surface area (Å²) in [4.78, 5) is 14.8. The van der Waals surface area contributed by atoms with E-state index in [2.05, 4.69) is 4.98 Å². The predicted molar refractivity (Wildman–Crippen MR) is 74.5 cm³/mol. The lowest BCUT2D eigenvalue weighted by atomic mass is 10.3. The Bertz CT molecular complexity index is 660. The van der Waals surface area contributed by atoms with Gasteiger partial charge in [0.05, 0.1) is 11.3 Å². The molecule has 0 radical (unpaired) electrons. The molecule has 0 saturated heterocycles. The zero-order valence-corrected chi connectivity index (χ0v) is 12.1. The molecule has 0 fully saturated rings. The third kappa shape index (κ3) is 3.70. The van der Waals surface area contributed by atoms with E-state index in [1.54, 1.807) is 11.7 Å². The van der Waals surface area contributed by atoms with E-state index in [1.165, 1.54) is 6.07 Å². The molecule has 1 aromatic heterocycles. The molecule has 2 aromatic rings. The number of thioether (sulfide) groups is 1. The number of hydrogen-bond acceptors (Lipinski definition) is 4. The number of ether oxygens (including phenoxy) is 1. The number of benzene rings is 1. The van der Waals surface area contributed by atoms with Gasteiger partial charge in [0.25, 0.3) is 0 Å². The summed E-state index contributed by atoms with van der Waals surface area (Å²) in [6, 6.07) is 1.96. The SMILES string of the molecule is COCCCn1c(SCC(=O)O)nc2c(F)cc(F)cc21. The standard InChI is InChI=1S/C13H14F2N2O3S/c1-20-4-2-3-17-10-6-8(14)5-9(15)12(10)16-13(17)21-7-11(18)19/h5-6H,2-4,7H2,1H3,(H,18,19). The van der Waals surface area contributed by atoms with Crippen molar-refractivity contribution in [3.63, 3.8) is 0 Å². The van der Waals surface area contributed by atoms with Crippen molar-refractivity contribution in [1.82, 2.24) is 9.55 Å². The Balaban J connectivity index is 2.41. The largest absolute Gasteiger partial charge is 0.481 e. The number of carboxylic acid groups (broad SMARTS) is 1. The zero-order chi connectivity index (χ0) is 15.4. The molecule has 21 heavy (non-hydrogen) atoms. The first-order valence-electron chi connectivity index (χ1n) is 6.21. The smallest absolute Gasteiger partial charge is 0.313 e. The van der Waals surface area contributed by atoms with Crippen LogP contribution in [0.5, 0.6) is 0 Å². The summed E-state index contributed by atoms with van der Waals surface area (Å²) >= 11 is 0.976. The van der Waals surface area contributed by atoms with Crippen LogP contribution in [0, 0.1) is 11.6 Å². The number of hydrogen-bond donors (Lipinski definition) is 1. The Labute approximate surface area is 123 Å². The number of aromatic nitrogens is 2. The van der Waals surface area contributed by atoms with E-state index >= 15 is 0 Å². The van der Waals surface area contributed by atoms with Crippen LogP contribution in [0.2, 0.25) is 0 Å². The van der Waals surface area contributed by atoms with Crippen molar-refractivity contribution < 1.29 is 23.4 Å². The minimum Gasteiger partial charge on any atom is -0.481 e. The molecular formula is C13H14F2N2O3S. The summed E-state index contributed by atoms with van der Waals surface area (Å²) in [5, 5.41) is 9.10. The van der Waals surface area contributed by atoms with Gasteiger partial charge < -0.3 is 14.4 Å². The van der Waals surface area contributed by atoms with E-state index in [1.807, 2.05) is 0 Å². The van der Waals surface area contributed by atoms with Crippen LogP contribution in [0.1, 0.15) is 6.42 Å². The molecule has 114 valence electrons. The summed E-state index contributed by atoms with van der Waals surface area (Å²) < 4.78 is 33.7. The third-order valence-electron chi connectivity index (χ3n) is 2.79. The number of carboxylic acids is 1. The Hall–Kier alpha value is -1.67. The number of methoxy groups -OCH3 is 1. The minimum atomic E-state index is -0.998. The molecule has 8 heteroatoms. The van der Waals surface area contributed by atoms with Gasteiger partial charge in [0.2, 0.25) is 0 Å². The van der Waals surface area contributed by atoms with E-state index in [0.29, 0.717) is 30.2 Å². The maximum Gasteiger partial charge on any atom is 0.313 e. The van der Waals surface area contributed by atoms with Crippen LogP contribution in [0.15, 0.2) is 17.3 Å². The van der Waals surface area contributed by atoms with E-state index in [9.17, 15) is 13.6 Å². The fourth-order valence-corrected chi connectivity index (χ4v) is 2.70. The minimum absolute atomic E-state index is 0.0432. The fraction of sp³-hybridized carbons (Fsp3) is 0.385. The first kappa shape index (κ1) is 15.7. The van der Waals surface area contributed by atoms with Crippen molar-refractivity contribution >= 4 is 28.8 Å². The van der Waals surface area contributed by atoms with Crippen LogP contribution < -0.4 is 0 Å². The van der Waals surface area contributed by atoms with Crippen molar-refractivity contribution in [1.29, 1.82) is 0 Å². The average molecular weight is 316 g/mol. The van der Waals surface area contributed by atoms with Gasteiger partial charge in [0.1, 0.15) is 11.3 Å². The van der Waals surface area contributed by atoms with Gasteiger partial charge >= 0.3 is 5.97 Å². The van der Waals surface area contributed by atoms with Crippen molar-refractivity contribution in [2.75, 3.05) is 19.5 Å². The fourth-order valence-electron chi connectivity index (χ4n) is 1.95. The Morgan fingerprint density at radius 3 is 2.90 bits per heavy atom. The van der Waals surface area contributed by atoms with E-state index in [4.69, 9.17) is 9.84 Å². The number of halogens is 2.